The summed E-state index contributed by atoms with van der Waals surface area (Å²) in [6, 6.07) is 2.71. The number of hydrogen-bond donors (Lipinski definition) is 2. The zero-order valence-corrected chi connectivity index (χ0v) is 31.4. The molecule has 0 aliphatic heterocycles. The number of rotatable bonds is 37. The summed E-state index contributed by atoms with van der Waals surface area (Å²) in [5, 5.41) is 19.6. The first kappa shape index (κ1) is 44.9. The van der Waals surface area contributed by atoms with Crippen molar-refractivity contribution >= 4 is 12.3 Å². The minimum atomic E-state index is -1.37. The summed E-state index contributed by atoms with van der Waals surface area (Å²) in [4.78, 5) is 22.8. The van der Waals surface area contributed by atoms with E-state index in [-0.39, 0.29) is 30.6 Å². The minimum absolute atomic E-state index is 0.0119. The summed E-state index contributed by atoms with van der Waals surface area (Å²) in [5.74, 6) is -1.98. The van der Waals surface area contributed by atoms with Gasteiger partial charge in [-0.3, -0.25) is 4.79 Å². The molecule has 0 saturated carbocycles. The maximum atomic E-state index is 11.7. The van der Waals surface area contributed by atoms with Crippen molar-refractivity contribution in [3.63, 3.8) is 0 Å². The summed E-state index contributed by atoms with van der Waals surface area (Å²) in [6.07, 6.45) is 31.5. The van der Waals surface area contributed by atoms with Crippen LogP contribution in [0.15, 0.2) is 12.1 Å². The molecule has 0 aliphatic carbocycles. The van der Waals surface area contributed by atoms with Gasteiger partial charge in [-0.05, 0) is 25.0 Å². The highest BCUT2D eigenvalue weighted by molar-refractivity contribution is 5.97. The summed E-state index contributed by atoms with van der Waals surface area (Å²) in [7, 11) is 0. The SMILES string of the molecule is CCCCCCCCCCCCCCOCC(COCCCCCCCCCCCCCC)OCCOc1ccc(C=O)c(O)c1C(=O)O. The van der Waals surface area contributed by atoms with Crippen LogP contribution in [0.5, 0.6) is 11.5 Å². The third kappa shape index (κ3) is 24.6. The van der Waals surface area contributed by atoms with Crippen molar-refractivity contribution in [1.82, 2.24) is 0 Å². The normalized spacial score (nSPS) is 11.4. The number of carboxylic acid groups (broad SMARTS) is 1. The fraction of sp³-hybridized carbons (Fsp3) is 0.805. The summed E-state index contributed by atoms with van der Waals surface area (Å²) >= 11 is 0. The van der Waals surface area contributed by atoms with Gasteiger partial charge in [0.2, 0.25) is 0 Å². The molecule has 0 unspecified atom stereocenters. The number of aromatic carboxylic acids is 1. The number of carboxylic acids is 1. The van der Waals surface area contributed by atoms with Gasteiger partial charge in [-0.1, -0.05) is 155 Å². The van der Waals surface area contributed by atoms with E-state index in [2.05, 4.69) is 13.8 Å². The predicted octanol–water partition coefficient (Wildman–Crippen LogP) is 11.1. The second kappa shape index (κ2) is 33.0. The van der Waals surface area contributed by atoms with Crippen LogP contribution in [0, 0.1) is 0 Å². The molecular weight excluding hydrogens is 620 g/mol. The van der Waals surface area contributed by atoms with Crippen LogP contribution in [-0.4, -0.2) is 68.2 Å². The molecule has 0 saturated heterocycles. The average Bonchev–Trinajstić information content (AvgIpc) is 3.09. The molecule has 0 spiro atoms. The maximum Gasteiger partial charge on any atom is 0.343 e. The molecule has 2 N–H and O–H groups in total. The van der Waals surface area contributed by atoms with Crippen LogP contribution >= 0.6 is 0 Å². The van der Waals surface area contributed by atoms with E-state index in [0.29, 0.717) is 32.7 Å². The largest absolute Gasteiger partial charge is 0.506 e. The lowest BCUT2D eigenvalue weighted by Crippen LogP contribution is -2.28. The monoisotopic (exact) mass is 693 g/mol. The van der Waals surface area contributed by atoms with Crippen molar-refractivity contribution in [2.24, 2.45) is 0 Å². The molecule has 1 aromatic carbocycles. The van der Waals surface area contributed by atoms with Crippen molar-refractivity contribution in [3.8, 4) is 11.5 Å². The maximum absolute atomic E-state index is 11.7. The van der Waals surface area contributed by atoms with Crippen molar-refractivity contribution in [1.29, 1.82) is 0 Å². The number of phenols is 1. The number of hydrogen-bond acceptors (Lipinski definition) is 7. The molecule has 0 bridgehead atoms. The van der Waals surface area contributed by atoms with E-state index < -0.39 is 17.3 Å². The summed E-state index contributed by atoms with van der Waals surface area (Å²) in [6.45, 7) is 7.03. The molecule has 49 heavy (non-hydrogen) atoms. The van der Waals surface area contributed by atoms with Crippen LogP contribution in [0.3, 0.4) is 0 Å². The molecule has 8 nitrogen and oxygen atoms in total. The second-order valence-electron chi connectivity index (χ2n) is 13.6. The average molecular weight is 693 g/mol. The van der Waals surface area contributed by atoms with Gasteiger partial charge < -0.3 is 29.2 Å². The molecule has 284 valence electrons. The number of carbonyl (C=O) groups excluding carboxylic acids is 1. The first-order chi connectivity index (χ1) is 24.0. The Hall–Kier alpha value is -2.16. The quantitative estimate of drug-likeness (QED) is 0.0523. The Morgan fingerprint density at radius 1 is 0.612 bits per heavy atom. The van der Waals surface area contributed by atoms with E-state index >= 15 is 0 Å². The minimum Gasteiger partial charge on any atom is -0.506 e. The number of unbranched alkanes of at least 4 members (excludes halogenated alkanes) is 22. The van der Waals surface area contributed by atoms with E-state index in [1.54, 1.807) is 0 Å². The van der Waals surface area contributed by atoms with Crippen molar-refractivity contribution in [2.45, 2.75) is 174 Å². The van der Waals surface area contributed by atoms with Gasteiger partial charge in [0.25, 0.3) is 0 Å². The molecule has 0 atom stereocenters. The van der Waals surface area contributed by atoms with Crippen LogP contribution in [0.4, 0.5) is 0 Å². The van der Waals surface area contributed by atoms with Gasteiger partial charge in [-0.15, -0.1) is 0 Å². The van der Waals surface area contributed by atoms with Crippen molar-refractivity contribution in [3.05, 3.63) is 23.3 Å². The highest BCUT2D eigenvalue weighted by atomic mass is 16.6. The van der Waals surface area contributed by atoms with Crippen LogP contribution in [0.2, 0.25) is 0 Å². The zero-order chi connectivity index (χ0) is 35.6. The fourth-order valence-electron chi connectivity index (χ4n) is 6.04. The molecule has 8 heteroatoms. The van der Waals surface area contributed by atoms with E-state index in [1.165, 1.54) is 153 Å². The van der Waals surface area contributed by atoms with Gasteiger partial charge in [-0.25, -0.2) is 4.79 Å². The molecule has 0 aromatic heterocycles. The van der Waals surface area contributed by atoms with Gasteiger partial charge in [0.05, 0.1) is 25.4 Å². The molecule has 1 rings (SSSR count). The Labute approximate surface area is 299 Å². The molecule has 0 heterocycles. The topological polar surface area (TPSA) is 112 Å². The predicted molar refractivity (Wildman–Crippen MR) is 199 cm³/mol. The van der Waals surface area contributed by atoms with Gasteiger partial charge in [0, 0.05) is 13.2 Å². The van der Waals surface area contributed by atoms with Gasteiger partial charge in [0.15, 0.2) is 6.29 Å². The Balaban J connectivity index is 2.31. The van der Waals surface area contributed by atoms with E-state index in [0.717, 1.165) is 12.8 Å². The van der Waals surface area contributed by atoms with E-state index in [1.807, 2.05) is 0 Å². The first-order valence-corrected chi connectivity index (χ1v) is 20.0. The second-order valence-corrected chi connectivity index (χ2v) is 13.6. The fourth-order valence-corrected chi connectivity index (χ4v) is 6.04. The number of aldehydes is 1. The van der Waals surface area contributed by atoms with Gasteiger partial charge in [0.1, 0.15) is 29.8 Å². The van der Waals surface area contributed by atoms with Gasteiger partial charge >= 0.3 is 5.97 Å². The zero-order valence-electron chi connectivity index (χ0n) is 31.4. The summed E-state index contributed by atoms with van der Waals surface area (Å²) in [5.41, 5.74) is -0.533. The molecule has 0 amide bonds. The smallest absolute Gasteiger partial charge is 0.343 e. The number of ether oxygens (including phenoxy) is 4. The third-order valence-electron chi connectivity index (χ3n) is 9.10. The Kier molecular flexibility index (Phi) is 30.2. The number of carbonyl (C=O) groups is 2. The van der Waals surface area contributed by atoms with Crippen LogP contribution in [0.25, 0.3) is 0 Å². The third-order valence-corrected chi connectivity index (χ3v) is 9.10. The Morgan fingerprint density at radius 3 is 1.41 bits per heavy atom. The Bertz CT molecular complexity index is 889. The van der Waals surface area contributed by atoms with Gasteiger partial charge in [-0.2, -0.15) is 0 Å². The van der Waals surface area contributed by atoms with Crippen LogP contribution < -0.4 is 4.74 Å². The molecule has 0 radical (unpaired) electrons. The lowest BCUT2D eigenvalue weighted by atomic mass is 10.1. The van der Waals surface area contributed by atoms with Crippen molar-refractivity contribution in [2.75, 3.05) is 39.6 Å². The molecule has 0 aliphatic rings. The lowest BCUT2D eigenvalue weighted by Gasteiger charge is -2.19. The number of benzene rings is 1. The number of aromatic hydroxyl groups is 1. The summed E-state index contributed by atoms with van der Waals surface area (Å²) < 4.78 is 23.6. The van der Waals surface area contributed by atoms with Crippen molar-refractivity contribution < 1.29 is 38.7 Å². The molecule has 1 aromatic rings. The standard InChI is InChI=1S/C41H72O8/c1-3-5-7-9-11-13-15-17-19-21-23-25-29-46-34-37(35-47-30-26-24-22-20-18-16-14-12-10-8-6-4-2)48-31-32-49-38-28-27-36(33-42)40(43)39(38)41(44)45/h27-28,33,37,43H,3-26,29-32,34-35H2,1-2H3,(H,44,45). The van der Waals surface area contributed by atoms with E-state index in [4.69, 9.17) is 18.9 Å². The highest BCUT2D eigenvalue weighted by Gasteiger charge is 2.20. The molecular formula is C41H72O8. The lowest BCUT2D eigenvalue weighted by molar-refractivity contribution is -0.0662. The molecule has 0 fully saturated rings. The highest BCUT2D eigenvalue weighted by Crippen LogP contribution is 2.30. The van der Waals surface area contributed by atoms with Crippen LogP contribution in [-0.2, 0) is 14.2 Å². The first-order valence-electron chi connectivity index (χ1n) is 20.0. The van der Waals surface area contributed by atoms with E-state index in [9.17, 15) is 19.8 Å². The van der Waals surface area contributed by atoms with Crippen LogP contribution in [0.1, 0.15) is 189 Å². The Morgan fingerprint density at radius 2 is 1.02 bits per heavy atom.